The normalized spacial score (nSPS) is 30.4. The number of nitrogens with zero attached hydrogens (tertiary/aromatic N) is 1. The average molecular weight is 251 g/mol. The summed E-state index contributed by atoms with van der Waals surface area (Å²) >= 11 is 0. The lowest BCUT2D eigenvalue weighted by atomic mass is 9.88. The molecule has 1 aromatic rings. The van der Waals surface area contributed by atoms with Crippen LogP contribution in [-0.4, -0.2) is 40.7 Å². The van der Waals surface area contributed by atoms with Crippen molar-refractivity contribution in [2.45, 2.75) is 44.4 Å². The molecule has 1 aliphatic heterocycles. The number of benzene rings is 1. The van der Waals surface area contributed by atoms with Gasteiger partial charge in [0, 0.05) is 12.0 Å². The first kappa shape index (κ1) is 13.3. The van der Waals surface area contributed by atoms with Crippen molar-refractivity contribution < 1.29 is 15.1 Å². The number of hydroxylamine groups is 2. The smallest absolute Gasteiger partial charge is 0.118 e. The van der Waals surface area contributed by atoms with Gasteiger partial charge in [-0.2, -0.15) is 5.06 Å². The molecule has 0 bridgehead atoms. The largest absolute Gasteiger partial charge is 0.497 e. The van der Waals surface area contributed by atoms with Gasteiger partial charge in [-0.1, -0.05) is 12.1 Å². The molecular formula is C14H21NO3. The van der Waals surface area contributed by atoms with Gasteiger partial charge in [0.1, 0.15) is 5.75 Å². The van der Waals surface area contributed by atoms with E-state index in [1.54, 1.807) is 14.0 Å². The van der Waals surface area contributed by atoms with Crippen molar-refractivity contribution in [1.29, 1.82) is 0 Å². The second kappa shape index (κ2) is 5.26. The van der Waals surface area contributed by atoms with Gasteiger partial charge < -0.3 is 15.1 Å². The van der Waals surface area contributed by atoms with E-state index in [9.17, 15) is 10.3 Å². The minimum absolute atomic E-state index is 0.0664. The summed E-state index contributed by atoms with van der Waals surface area (Å²) in [5.74, 6) is 0.968. The van der Waals surface area contributed by atoms with Crippen LogP contribution in [0.3, 0.4) is 0 Å². The van der Waals surface area contributed by atoms with Gasteiger partial charge >= 0.3 is 0 Å². The fourth-order valence-electron chi connectivity index (χ4n) is 2.83. The third kappa shape index (κ3) is 2.36. The third-order valence-corrected chi connectivity index (χ3v) is 3.80. The molecule has 2 N–H and O–H groups in total. The maximum absolute atomic E-state index is 10.0. The van der Waals surface area contributed by atoms with E-state index in [1.165, 1.54) is 5.06 Å². The van der Waals surface area contributed by atoms with Crippen molar-refractivity contribution in [1.82, 2.24) is 5.06 Å². The van der Waals surface area contributed by atoms with Gasteiger partial charge in [-0.15, -0.1) is 0 Å². The van der Waals surface area contributed by atoms with Crippen molar-refractivity contribution >= 4 is 0 Å². The second-order valence-electron chi connectivity index (χ2n) is 5.08. The van der Waals surface area contributed by atoms with Crippen LogP contribution in [0.15, 0.2) is 24.3 Å². The maximum Gasteiger partial charge on any atom is 0.118 e. The van der Waals surface area contributed by atoms with E-state index in [1.807, 2.05) is 31.2 Å². The predicted molar refractivity (Wildman–Crippen MR) is 68.9 cm³/mol. The minimum Gasteiger partial charge on any atom is -0.497 e. The number of hydrogen-bond acceptors (Lipinski definition) is 4. The standard InChI is InChI=1S/C14H21NO3/c1-9-8-13(14(10(2)16)15(9)17)11-4-6-12(18-3)7-5-11/h4-7,9-10,13-14,16-17H,8H2,1-3H3/t9-,10-,13+,14+/m1/s1. The lowest BCUT2D eigenvalue weighted by Gasteiger charge is -2.27. The van der Waals surface area contributed by atoms with Crippen LogP contribution in [0.25, 0.3) is 0 Å². The molecule has 18 heavy (non-hydrogen) atoms. The van der Waals surface area contributed by atoms with Gasteiger partial charge in [-0.25, -0.2) is 0 Å². The Labute approximate surface area is 108 Å². The van der Waals surface area contributed by atoms with Gasteiger partial charge in [0.25, 0.3) is 0 Å². The van der Waals surface area contributed by atoms with E-state index < -0.39 is 6.10 Å². The van der Waals surface area contributed by atoms with E-state index >= 15 is 0 Å². The van der Waals surface area contributed by atoms with Crippen LogP contribution in [0.5, 0.6) is 5.75 Å². The molecule has 0 aliphatic carbocycles. The number of aliphatic hydroxyl groups is 1. The Hall–Kier alpha value is -1.10. The Kier molecular flexibility index (Phi) is 3.90. The van der Waals surface area contributed by atoms with Crippen molar-refractivity contribution in [3.8, 4) is 5.75 Å². The zero-order valence-electron chi connectivity index (χ0n) is 11.1. The quantitative estimate of drug-likeness (QED) is 0.863. The first-order valence-electron chi connectivity index (χ1n) is 6.33. The highest BCUT2D eigenvalue weighted by molar-refractivity contribution is 5.31. The Balaban J connectivity index is 2.25. The summed E-state index contributed by atoms with van der Waals surface area (Å²) in [6.07, 6.45) is 0.283. The number of methoxy groups -OCH3 is 1. The molecule has 100 valence electrons. The van der Waals surface area contributed by atoms with Crippen LogP contribution in [0.4, 0.5) is 0 Å². The van der Waals surface area contributed by atoms with Crippen LogP contribution in [-0.2, 0) is 0 Å². The number of rotatable bonds is 3. The molecule has 1 aromatic carbocycles. The van der Waals surface area contributed by atoms with Gasteiger partial charge in [0.2, 0.25) is 0 Å². The Morgan fingerprint density at radius 3 is 2.44 bits per heavy atom. The molecule has 0 aromatic heterocycles. The monoisotopic (exact) mass is 251 g/mol. The Bertz CT molecular complexity index is 391. The summed E-state index contributed by atoms with van der Waals surface area (Å²) in [5.41, 5.74) is 1.13. The highest BCUT2D eigenvalue weighted by atomic mass is 16.5. The van der Waals surface area contributed by atoms with Gasteiger partial charge in [0.15, 0.2) is 0 Å². The lowest BCUT2D eigenvalue weighted by Crippen LogP contribution is -2.40. The molecule has 0 radical (unpaired) electrons. The molecule has 1 aliphatic rings. The number of hydrogen-bond donors (Lipinski definition) is 2. The summed E-state index contributed by atoms with van der Waals surface area (Å²) < 4.78 is 5.14. The number of aliphatic hydroxyl groups excluding tert-OH is 1. The van der Waals surface area contributed by atoms with Gasteiger partial charge in [0.05, 0.1) is 19.3 Å². The van der Waals surface area contributed by atoms with E-state index in [-0.39, 0.29) is 18.0 Å². The van der Waals surface area contributed by atoms with E-state index in [4.69, 9.17) is 4.74 Å². The molecule has 0 saturated carbocycles. The summed E-state index contributed by atoms with van der Waals surface area (Å²) in [4.78, 5) is 0. The van der Waals surface area contributed by atoms with Gasteiger partial charge in [-0.05, 0) is 38.0 Å². The zero-order chi connectivity index (χ0) is 13.3. The summed E-state index contributed by atoms with van der Waals surface area (Å²) in [5, 5.41) is 21.1. The molecule has 4 heteroatoms. The highest BCUT2D eigenvalue weighted by Gasteiger charge is 2.41. The molecule has 0 unspecified atom stereocenters. The molecule has 1 fully saturated rings. The van der Waals surface area contributed by atoms with E-state index in [2.05, 4.69) is 0 Å². The van der Waals surface area contributed by atoms with Crippen LogP contribution in [0.1, 0.15) is 31.7 Å². The molecule has 2 rings (SSSR count). The topological polar surface area (TPSA) is 52.9 Å². The summed E-state index contributed by atoms with van der Waals surface area (Å²) in [6.45, 7) is 3.70. The van der Waals surface area contributed by atoms with Crippen molar-refractivity contribution in [3.63, 3.8) is 0 Å². The van der Waals surface area contributed by atoms with Gasteiger partial charge in [-0.3, -0.25) is 0 Å². The summed E-state index contributed by atoms with van der Waals surface area (Å²) in [6, 6.07) is 7.67. The van der Waals surface area contributed by atoms with Crippen molar-refractivity contribution in [2.24, 2.45) is 0 Å². The van der Waals surface area contributed by atoms with E-state index in [0.717, 1.165) is 17.7 Å². The van der Waals surface area contributed by atoms with Crippen molar-refractivity contribution in [3.05, 3.63) is 29.8 Å². The highest BCUT2D eigenvalue weighted by Crippen LogP contribution is 2.38. The first-order chi connectivity index (χ1) is 8.54. The maximum atomic E-state index is 10.0. The summed E-state index contributed by atoms with van der Waals surface area (Å²) in [7, 11) is 1.64. The molecule has 1 heterocycles. The molecule has 4 atom stereocenters. The Morgan fingerprint density at radius 1 is 1.33 bits per heavy atom. The third-order valence-electron chi connectivity index (χ3n) is 3.80. The average Bonchev–Trinajstić information content (AvgIpc) is 2.66. The molecule has 1 saturated heterocycles. The predicted octanol–water partition coefficient (Wildman–Crippen LogP) is 2.01. The molecule has 0 spiro atoms. The van der Waals surface area contributed by atoms with Crippen LogP contribution >= 0.6 is 0 Å². The molecule has 0 amide bonds. The fourth-order valence-corrected chi connectivity index (χ4v) is 2.83. The number of ether oxygens (including phenoxy) is 1. The Morgan fingerprint density at radius 2 is 1.94 bits per heavy atom. The minimum atomic E-state index is -0.563. The van der Waals surface area contributed by atoms with E-state index in [0.29, 0.717) is 0 Å². The molecule has 4 nitrogen and oxygen atoms in total. The lowest BCUT2D eigenvalue weighted by molar-refractivity contribution is -0.153. The second-order valence-corrected chi connectivity index (χ2v) is 5.08. The van der Waals surface area contributed by atoms with Crippen LogP contribution < -0.4 is 4.74 Å². The van der Waals surface area contributed by atoms with Crippen LogP contribution in [0.2, 0.25) is 0 Å². The first-order valence-corrected chi connectivity index (χ1v) is 6.33. The van der Waals surface area contributed by atoms with Crippen LogP contribution in [0, 0.1) is 0 Å². The SMILES string of the molecule is COc1ccc([C@@H]2C[C@@H](C)N(O)[C@H]2[C@@H](C)O)cc1. The van der Waals surface area contributed by atoms with Crippen molar-refractivity contribution in [2.75, 3.05) is 7.11 Å². The fraction of sp³-hybridized carbons (Fsp3) is 0.571. The molecular weight excluding hydrogens is 230 g/mol. The zero-order valence-corrected chi connectivity index (χ0v) is 11.1.